The molecule has 2 atom stereocenters. The van der Waals surface area contributed by atoms with E-state index < -0.39 is 10.0 Å². The maximum absolute atomic E-state index is 12.4. The molecule has 1 N–H and O–H groups in total. The molecule has 0 saturated carbocycles. The lowest BCUT2D eigenvalue weighted by Gasteiger charge is -2.35. The fourth-order valence-electron chi connectivity index (χ4n) is 3.16. The molecule has 8 heteroatoms. The Morgan fingerprint density at radius 1 is 1.09 bits per heavy atom. The second-order valence-electron chi connectivity index (χ2n) is 6.27. The number of hydrogen-bond acceptors (Lipinski definition) is 4. The third-order valence-corrected chi connectivity index (χ3v) is 5.71. The van der Waals surface area contributed by atoms with E-state index in [0.29, 0.717) is 26.2 Å². The Bertz CT molecular complexity index is 534. The summed E-state index contributed by atoms with van der Waals surface area (Å²) in [6.07, 6.45) is 4.35. The number of hydrogen-bond donors (Lipinski definition) is 1. The molecule has 22 heavy (non-hydrogen) atoms. The van der Waals surface area contributed by atoms with E-state index in [4.69, 9.17) is 0 Å². The molecule has 2 aliphatic heterocycles. The minimum atomic E-state index is -3.21. The van der Waals surface area contributed by atoms with E-state index in [0.717, 1.165) is 25.7 Å². The number of amides is 2. The zero-order valence-electron chi connectivity index (χ0n) is 13.2. The molecule has 0 aromatic carbocycles. The Kier molecular flexibility index (Phi) is 5.44. The second kappa shape index (κ2) is 6.95. The standard InChI is InChI=1S/C14H25N3O4S/c1-11(18)16-7-3-5-12(9-16)14(19)15-13-6-4-8-17(10-13)22(2,20)21/h12-13H,3-10H2,1-2H3,(H,15,19)/t12-,13-/m0/s1. The van der Waals surface area contributed by atoms with Gasteiger partial charge in [-0.3, -0.25) is 9.59 Å². The van der Waals surface area contributed by atoms with Crippen LogP contribution in [-0.2, 0) is 19.6 Å². The van der Waals surface area contributed by atoms with Gasteiger partial charge >= 0.3 is 0 Å². The van der Waals surface area contributed by atoms with Crippen LogP contribution < -0.4 is 5.32 Å². The van der Waals surface area contributed by atoms with Gasteiger partial charge in [0.25, 0.3) is 0 Å². The van der Waals surface area contributed by atoms with E-state index in [-0.39, 0.29) is 23.8 Å². The molecule has 2 heterocycles. The van der Waals surface area contributed by atoms with E-state index in [2.05, 4.69) is 5.32 Å². The molecular formula is C14H25N3O4S. The van der Waals surface area contributed by atoms with Crippen LogP contribution >= 0.6 is 0 Å². The number of sulfonamides is 1. The molecule has 2 aliphatic rings. The lowest BCUT2D eigenvalue weighted by molar-refractivity contribution is -0.134. The molecule has 7 nitrogen and oxygen atoms in total. The molecular weight excluding hydrogens is 306 g/mol. The summed E-state index contributed by atoms with van der Waals surface area (Å²) in [5.74, 6) is -0.254. The first-order valence-corrected chi connectivity index (χ1v) is 9.63. The van der Waals surface area contributed by atoms with Crippen LogP contribution in [0.2, 0.25) is 0 Å². The summed E-state index contributed by atoms with van der Waals surface area (Å²) < 4.78 is 24.6. The quantitative estimate of drug-likeness (QED) is 0.775. The predicted octanol–water partition coefficient (Wildman–Crippen LogP) is -0.215. The van der Waals surface area contributed by atoms with Crippen molar-refractivity contribution in [3.05, 3.63) is 0 Å². The van der Waals surface area contributed by atoms with Crippen molar-refractivity contribution in [1.82, 2.24) is 14.5 Å². The van der Waals surface area contributed by atoms with Gasteiger partial charge < -0.3 is 10.2 Å². The van der Waals surface area contributed by atoms with Crippen molar-refractivity contribution in [3.63, 3.8) is 0 Å². The first kappa shape index (κ1) is 17.2. The third-order valence-electron chi connectivity index (χ3n) is 4.44. The van der Waals surface area contributed by atoms with E-state index in [1.165, 1.54) is 17.5 Å². The maximum Gasteiger partial charge on any atom is 0.225 e. The smallest absolute Gasteiger partial charge is 0.225 e. The summed E-state index contributed by atoms with van der Waals surface area (Å²) in [5.41, 5.74) is 0. The van der Waals surface area contributed by atoms with Crippen LogP contribution in [0.5, 0.6) is 0 Å². The lowest BCUT2D eigenvalue weighted by Crippen LogP contribution is -2.52. The van der Waals surface area contributed by atoms with Crippen LogP contribution in [0, 0.1) is 5.92 Å². The maximum atomic E-state index is 12.4. The number of rotatable bonds is 3. The normalized spacial score (nSPS) is 27.5. The van der Waals surface area contributed by atoms with Gasteiger partial charge in [-0.2, -0.15) is 0 Å². The highest BCUT2D eigenvalue weighted by molar-refractivity contribution is 7.88. The highest BCUT2D eigenvalue weighted by Gasteiger charge is 2.31. The fraction of sp³-hybridized carbons (Fsp3) is 0.857. The monoisotopic (exact) mass is 331 g/mol. The first-order chi connectivity index (χ1) is 10.3. The molecule has 2 rings (SSSR count). The van der Waals surface area contributed by atoms with Gasteiger partial charge in [0, 0.05) is 39.1 Å². The molecule has 0 bridgehead atoms. The summed E-state index contributed by atoms with van der Waals surface area (Å²) in [6.45, 7) is 3.56. The average Bonchev–Trinajstić information content (AvgIpc) is 2.46. The Labute approximate surface area is 132 Å². The Hall–Kier alpha value is -1.15. The number of nitrogens with zero attached hydrogens (tertiary/aromatic N) is 2. The van der Waals surface area contributed by atoms with Crippen LogP contribution in [0.3, 0.4) is 0 Å². The van der Waals surface area contributed by atoms with Gasteiger partial charge in [0.1, 0.15) is 0 Å². The minimum absolute atomic E-state index is 0.00146. The fourth-order valence-corrected chi connectivity index (χ4v) is 4.07. The summed E-state index contributed by atoms with van der Waals surface area (Å²) in [7, 11) is -3.21. The van der Waals surface area contributed by atoms with Crippen LogP contribution in [-0.4, -0.2) is 67.9 Å². The van der Waals surface area contributed by atoms with Crippen molar-refractivity contribution < 1.29 is 18.0 Å². The van der Waals surface area contributed by atoms with Crippen LogP contribution in [0.1, 0.15) is 32.6 Å². The Balaban J connectivity index is 1.90. The van der Waals surface area contributed by atoms with Gasteiger partial charge in [-0.1, -0.05) is 0 Å². The van der Waals surface area contributed by atoms with Crippen LogP contribution in [0.25, 0.3) is 0 Å². The van der Waals surface area contributed by atoms with Gasteiger partial charge in [0.05, 0.1) is 12.2 Å². The van der Waals surface area contributed by atoms with Crippen molar-refractivity contribution in [3.8, 4) is 0 Å². The van der Waals surface area contributed by atoms with E-state index >= 15 is 0 Å². The van der Waals surface area contributed by atoms with Crippen molar-refractivity contribution in [2.75, 3.05) is 32.4 Å². The molecule has 2 amide bonds. The van der Waals surface area contributed by atoms with Gasteiger partial charge in [0.15, 0.2) is 0 Å². The molecule has 0 radical (unpaired) electrons. The first-order valence-electron chi connectivity index (χ1n) is 7.78. The van der Waals surface area contributed by atoms with E-state index in [1.807, 2.05) is 0 Å². The molecule has 0 aromatic heterocycles. The van der Waals surface area contributed by atoms with E-state index in [1.54, 1.807) is 4.90 Å². The SMILES string of the molecule is CC(=O)N1CCC[C@H](C(=O)N[C@H]2CCCN(S(C)(=O)=O)C2)C1. The molecule has 0 aliphatic carbocycles. The molecule has 2 saturated heterocycles. The third kappa shape index (κ3) is 4.42. The molecule has 0 aromatic rings. The average molecular weight is 331 g/mol. The molecule has 0 unspecified atom stereocenters. The largest absolute Gasteiger partial charge is 0.352 e. The molecule has 126 valence electrons. The van der Waals surface area contributed by atoms with Crippen LogP contribution in [0.4, 0.5) is 0 Å². The Morgan fingerprint density at radius 2 is 1.77 bits per heavy atom. The number of piperidine rings is 2. The van der Waals surface area contributed by atoms with Crippen molar-refractivity contribution >= 4 is 21.8 Å². The lowest BCUT2D eigenvalue weighted by atomic mass is 9.96. The topological polar surface area (TPSA) is 86.8 Å². The minimum Gasteiger partial charge on any atom is -0.352 e. The number of carbonyl (C=O) groups is 2. The van der Waals surface area contributed by atoms with Gasteiger partial charge in [-0.15, -0.1) is 0 Å². The van der Waals surface area contributed by atoms with Gasteiger partial charge in [-0.25, -0.2) is 12.7 Å². The second-order valence-corrected chi connectivity index (χ2v) is 8.26. The van der Waals surface area contributed by atoms with Gasteiger partial charge in [0.2, 0.25) is 21.8 Å². The highest BCUT2D eigenvalue weighted by atomic mass is 32.2. The predicted molar refractivity (Wildman–Crippen MR) is 82.6 cm³/mol. The molecule has 2 fully saturated rings. The summed E-state index contributed by atoms with van der Waals surface area (Å²) in [4.78, 5) is 25.5. The summed E-state index contributed by atoms with van der Waals surface area (Å²) in [6, 6.07) is -0.135. The van der Waals surface area contributed by atoms with Crippen molar-refractivity contribution in [2.24, 2.45) is 5.92 Å². The molecule has 0 spiro atoms. The Morgan fingerprint density at radius 3 is 2.41 bits per heavy atom. The summed E-state index contributed by atoms with van der Waals surface area (Å²) >= 11 is 0. The van der Waals surface area contributed by atoms with Gasteiger partial charge in [-0.05, 0) is 25.7 Å². The number of nitrogens with one attached hydrogen (secondary N) is 1. The summed E-state index contributed by atoms with van der Waals surface area (Å²) in [5, 5.41) is 2.97. The zero-order chi connectivity index (χ0) is 16.3. The van der Waals surface area contributed by atoms with E-state index in [9.17, 15) is 18.0 Å². The number of carbonyl (C=O) groups excluding carboxylic acids is 2. The van der Waals surface area contributed by atoms with Crippen molar-refractivity contribution in [2.45, 2.75) is 38.6 Å². The zero-order valence-corrected chi connectivity index (χ0v) is 14.1. The number of likely N-dealkylation sites (tertiary alicyclic amines) is 1. The van der Waals surface area contributed by atoms with Crippen molar-refractivity contribution in [1.29, 1.82) is 0 Å². The van der Waals surface area contributed by atoms with Crippen LogP contribution in [0.15, 0.2) is 0 Å². The highest BCUT2D eigenvalue weighted by Crippen LogP contribution is 2.18.